The minimum atomic E-state index is -4.71. The molecule has 0 saturated heterocycles. The number of rotatable bonds is 8. The molecule has 0 aliphatic heterocycles. The lowest BCUT2D eigenvalue weighted by Crippen LogP contribution is -2.20. The summed E-state index contributed by atoms with van der Waals surface area (Å²) >= 11 is 0. The Morgan fingerprint density at radius 1 is 1.16 bits per heavy atom. The predicted molar refractivity (Wildman–Crippen MR) is 126 cm³/mol. The predicted octanol–water partition coefficient (Wildman–Crippen LogP) is 4.60. The van der Waals surface area contributed by atoms with E-state index < -0.39 is 39.3 Å². The van der Waals surface area contributed by atoms with Gasteiger partial charge in [0.15, 0.2) is 0 Å². The molecule has 192 valence electrons. The van der Waals surface area contributed by atoms with Crippen LogP contribution in [0.3, 0.4) is 0 Å². The van der Waals surface area contributed by atoms with E-state index in [0.29, 0.717) is 0 Å². The van der Waals surface area contributed by atoms with Crippen LogP contribution in [-0.4, -0.2) is 25.6 Å². The molecule has 0 saturated carbocycles. The fourth-order valence-electron chi connectivity index (χ4n) is 2.97. The van der Waals surface area contributed by atoms with Crippen LogP contribution < -0.4 is 14.8 Å². The van der Waals surface area contributed by atoms with E-state index in [1.165, 1.54) is 24.3 Å². The Labute approximate surface area is 209 Å². The van der Waals surface area contributed by atoms with Gasteiger partial charge in [0.25, 0.3) is 0 Å². The molecule has 8 nitrogen and oxygen atoms in total. The Morgan fingerprint density at radius 3 is 2.49 bits per heavy atom. The van der Waals surface area contributed by atoms with Crippen LogP contribution in [0.5, 0.6) is 11.6 Å². The highest BCUT2D eigenvalue weighted by atomic mass is 32.2. The van der Waals surface area contributed by atoms with E-state index in [9.17, 15) is 36.0 Å². The third-order valence-corrected chi connectivity index (χ3v) is 5.15. The molecular weight excluding hydrogens is 516 g/mol. The number of carbonyl (C=O) groups is 1. The van der Waals surface area contributed by atoms with Crippen molar-refractivity contribution in [1.82, 2.24) is 10.3 Å². The van der Waals surface area contributed by atoms with Crippen LogP contribution in [0.15, 0.2) is 60.7 Å². The summed E-state index contributed by atoms with van der Waals surface area (Å²) < 4.78 is 83.9. The molecular formula is C24H18F4N4O4S. The van der Waals surface area contributed by atoms with Gasteiger partial charge >= 0.3 is 6.18 Å². The Bertz CT molecular complexity index is 1490. The number of alkyl halides is 3. The number of hydrogen-bond acceptors (Lipinski definition) is 6. The first-order valence-electron chi connectivity index (χ1n) is 10.3. The lowest BCUT2D eigenvalue weighted by molar-refractivity contribution is -0.141. The second-order valence-electron chi connectivity index (χ2n) is 7.54. The normalized spacial score (nSPS) is 11.7. The van der Waals surface area contributed by atoms with Crippen molar-refractivity contribution >= 4 is 27.7 Å². The van der Waals surface area contributed by atoms with E-state index >= 15 is 0 Å². The van der Waals surface area contributed by atoms with E-state index in [1.807, 2.05) is 4.72 Å². The van der Waals surface area contributed by atoms with Crippen molar-refractivity contribution in [3.63, 3.8) is 0 Å². The summed E-state index contributed by atoms with van der Waals surface area (Å²) in [4.78, 5) is 15.8. The van der Waals surface area contributed by atoms with Gasteiger partial charge in [-0.1, -0.05) is 18.2 Å². The zero-order chi connectivity index (χ0) is 27.2. The van der Waals surface area contributed by atoms with Crippen LogP contribution >= 0.6 is 0 Å². The number of pyridine rings is 1. The number of halogens is 4. The highest BCUT2D eigenvalue weighted by Crippen LogP contribution is 2.32. The zero-order valence-electron chi connectivity index (χ0n) is 19.0. The molecule has 0 fully saturated rings. The molecule has 1 heterocycles. The molecule has 3 aromatic rings. The second kappa shape index (κ2) is 11.1. The molecule has 0 unspecified atom stereocenters. The van der Waals surface area contributed by atoms with Crippen molar-refractivity contribution in [2.24, 2.45) is 0 Å². The third-order valence-electron chi connectivity index (χ3n) is 4.58. The van der Waals surface area contributed by atoms with Gasteiger partial charge in [-0.05, 0) is 48.0 Å². The number of para-hydroxylation sites is 1. The first-order valence-corrected chi connectivity index (χ1v) is 12.2. The van der Waals surface area contributed by atoms with Gasteiger partial charge in [-0.2, -0.15) is 18.4 Å². The average molecular weight is 534 g/mol. The number of amides is 1. The number of hydrogen-bond donors (Lipinski definition) is 2. The molecule has 1 amide bonds. The van der Waals surface area contributed by atoms with Crippen molar-refractivity contribution in [2.45, 2.75) is 12.7 Å². The molecule has 0 bridgehead atoms. The molecule has 0 aliphatic rings. The topological polar surface area (TPSA) is 121 Å². The van der Waals surface area contributed by atoms with Crippen LogP contribution in [0, 0.1) is 17.1 Å². The maximum Gasteiger partial charge on any atom is 0.433 e. The number of nitrogens with zero attached hydrogens (tertiary/aromatic N) is 2. The fourth-order valence-corrected chi connectivity index (χ4v) is 3.55. The van der Waals surface area contributed by atoms with Gasteiger partial charge in [0.2, 0.25) is 21.8 Å². The van der Waals surface area contributed by atoms with Gasteiger partial charge in [0.1, 0.15) is 29.0 Å². The van der Waals surface area contributed by atoms with Crippen molar-refractivity contribution in [1.29, 1.82) is 5.26 Å². The molecule has 0 spiro atoms. The van der Waals surface area contributed by atoms with Crippen LogP contribution in [0.1, 0.15) is 22.4 Å². The van der Waals surface area contributed by atoms with Gasteiger partial charge in [0.05, 0.1) is 11.8 Å². The van der Waals surface area contributed by atoms with Crippen LogP contribution in [-0.2, 0) is 27.5 Å². The fraction of sp³-hybridized carbons (Fsp3) is 0.125. The second-order valence-corrected chi connectivity index (χ2v) is 9.29. The Kier molecular flexibility index (Phi) is 8.14. The Balaban J connectivity index is 1.77. The first-order chi connectivity index (χ1) is 17.4. The third kappa shape index (κ3) is 7.77. The molecule has 3 rings (SSSR count). The average Bonchev–Trinajstić information content (AvgIpc) is 2.82. The minimum absolute atomic E-state index is 0.0843. The van der Waals surface area contributed by atoms with Crippen LogP contribution in [0.4, 0.5) is 23.2 Å². The molecule has 0 atom stereocenters. The Morgan fingerprint density at radius 2 is 1.86 bits per heavy atom. The number of sulfonamides is 1. The standard InChI is InChI=1S/C24H18F4N4O4S/c1-37(34,35)32-22-17(13-29)11-15(12-19(22)25)14-30-21(33)10-8-16-7-9-20(24(26,27)28)31-23(16)36-18-5-3-2-4-6-18/h2-12,32H,14H2,1H3,(H,30,33)/b10-8-. The van der Waals surface area contributed by atoms with Crippen molar-refractivity contribution in [2.75, 3.05) is 11.0 Å². The van der Waals surface area contributed by atoms with Gasteiger partial charge in [-0.3, -0.25) is 9.52 Å². The molecule has 13 heteroatoms. The highest BCUT2D eigenvalue weighted by Gasteiger charge is 2.33. The smallest absolute Gasteiger partial charge is 0.433 e. The summed E-state index contributed by atoms with van der Waals surface area (Å²) in [7, 11) is -3.84. The summed E-state index contributed by atoms with van der Waals surface area (Å²) in [5, 5.41) is 11.7. The van der Waals surface area contributed by atoms with Gasteiger partial charge in [0, 0.05) is 18.2 Å². The van der Waals surface area contributed by atoms with E-state index in [2.05, 4.69) is 10.3 Å². The number of nitriles is 1. The maximum atomic E-state index is 14.4. The number of benzene rings is 2. The summed E-state index contributed by atoms with van der Waals surface area (Å²) in [6.07, 6.45) is -1.70. The van der Waals surface area contributed by atoms with E-state index in [-0.39, 0.29) is 34.9 Å². The lowest BCUT2D eigenvalue weighted by Gasteiger charge is -2.12. The van der Waals surface area contributed by atoms with Crippen molar-refractivity contribution < 1.29 is 35.5 Å². The SMILES string of the molecule is CS(=O)(=O)Nc1c(F)cc(CNC(=O)/C=C\c2ccc(C(F)(F)F)nc2Oc2ccccc2)cc1C#N. The number of anilines is 1. The highest BCUT2D eigenvalue weighted by molar-refractivity contribution is 7.92. The summed E-state index contributed by atoms with van der Waals surface area (Å²) in [5.41, 5.74) is -1.73. The zero-order valence-corrected chi connectivity index (χ0v) is 19.8. The van der Waals surface area contributed by atoms with Gasteiger partial charge in [-0.15, -0.1) is 0 Å². The molecule has 0 radical (unpaired) electrons. The van der Waals surface area contributed by atoms with Crippen LogP contribution in [0.25, 0.3) is 6.08 Å². The maximum absolute atomic E-state index is 14.4. The minimum Gasteiger partial charge on any atom is -0.438 e. The molecule has 1 aromatic heterocycles. The summed E-state index contributed by atoms with van der Waals surface area (Å²) in [5.74, 6) is -1.84. The molecule has 37 heavy (non-hydrogen) atoms. The monoisotopic (exact) mass is 534 g/mol. The van der Waals surface area contributed by atoms with E-state index in [0.717, 1.165) is 30.5 Å². The quantitative estimate of drug-likeness (QED) is 0.322. The van der Waals surface area contributed by atoms with E-state index in [4.69, 9.17) is 4.74 Å². The number of nitrogens with one attached hydrogen (secondary N) is 2. The molecule has 0 aliphatic carbocycles. The molecule has 2 N–H and O–H groups in total. The van der Waals surface area contributed by atoms with Crippen molar-refractivity contribution in [3.05, 3.63) is 88.9 Å². The van der Waals surface area contributed by atoms with Gasteiger partial charge in [-0.25, -0.2) is 17.8 Å². The lowest BCUT2D eigenvalue weighted by atomic mass is 10.1. The number of aromatic nitrogens is 1. The van der Waals surface area contributed by atoms with Crippen LogP contribution in [0.2, 0.25) is 0 Å². The number of ether oxygens (including phenoxy) is 1. The van der Waals surface area contributed by atoms with E-state index in [1.54, 1.807) is 24.3 Å². The molecule has 2 aromatic carbocycles. The largest absolute Gasteiger partial charge is 0.438 e. The van der Waals surface area contributed by atoms with Crippen molar-refractivity contribution in [3.8, 4) is 17.7 Å². The summed E-state index contributed by atoms with van der Waals surface area (Å²) in [6.45, 7) is -0.230. The number of carbonyl (C=O) groups excluding carboxylic acids is 1. The Hall–Kier alpha value is -4.44. The summed E-state index contributed by atoms with van der Waals surface area (Å²) in [6, 6.07) is 13.6. The van der Waals surface area contributed by atoms with Gasteiger partial charge < -0.3 is 10.1 Å². The first kappa shape index (κ1) is 27.2.